The fourth-order valence-corrected chi connectivity index (χ4v) is 2.70. The first-order chi connectivity index (χ1) is 10.3. The lowest BCUT2D eigenvalue weighted by molar-refractivity contribution is 0.0991. The standard InChI is InChI=1S/C17H17N3O/c1-3-12-20-15-10-7-11-18-16(15)19(4-2)14-9-6-5-8-13(14)17(20)21/h3,5-11H,1,4,12H2,2H3. The highest BCUT2D eigenvalue weighted by Crippen LogP contribution is 2.38. The van der Waals surface area contributed by atoms with Gasteiger partial charge in [0.05, 0.1) is 16.9 Å². The lowest BCUT2D eigenvalue weighted by atomic mass is 10.1. The van der Waals surface area contributed by atoms with E-state index in [9.17, 15) is 4.79 Å². The average molecular weight is 279 g/mol. The second kappa shape index (κ2) is 5.40. The zero-order valence-corrected chi connectivity index (χ0v) is 12.0. The highest BCUT2D eigenvalue weighted by Gasteiger charge is 2.30. The number of nitrogens with zero attached hydrogens (tertiary/aromatic N) is 3. The maximum Gasteiger partial charge on any atom is 0.260 e. The van der Waals surface area contributed by atoms with Gasteiger partial charge in [-0.05, 0) is 31.2 Å². The number of fused-ring (bicyclic) bond motifs is 2. The Morgan fingerprint density at radius 1 is 1.14 bits per heavy atom. The Bertz CT molecular complexity index is 696. The van der Waals surface area contributed by atoms with E-state index in [0.717, 1.165) is 23.7 Å². The van der Waals surface area contributed by atoms with Crippen molar-refractivity contribution in [2.75, 3.05) is 22.9 Å². The van der Waals surface area contributed by atoms with Crippen LogP contribution in [0.4, 0.5) is 17.2 Å². The minimum absolute atomic E-state index is 0.0179. The SMILES string of the molecule is C=CCN1C(=O)c2ccccc2N(CC)c2ncccc21. The van der Waals surface area contributed by atoms with E-state index in [1.165, 1.54) is 0 Å². The van der Waals surface area contributed by atoms with Gasteiger partial charge in [0.15, 0.2) is 5.82 Å². The summed E-state index contributed by atoms with van der Waals surface area (Å²) in [4.78, 5) is 21.2. The number of para-hydroxylation sites is 1. The molecule has 2 heterocycles. The van der Waals surface area contributed by atoms with Crippen LogP contribution in [0.25, 0.3) is 0 Å². The van der Waals surface area contributed by atoms with E-state index in [-0.39, 0.29) is 5.91 Å². The summed E-state index contributed by atoms with van der Waals surface area (Å²) in [6.45, 7) is 7.03. The van der Waals surface area contributed by atoms with Gasteiger partial charge in [-0.3, -0.25) is 4.79 Å². The Morgan fingerprint density at radius 3 is 2.67 bits per heavy atom. The van der Waals surface area contributed by atoms with Crippen molar-refractivity contribution in [1.29, 1.82) is 0 Å². The van der Waals surface area contributed by atoms with E-state index in [1.807, 2.05) is 36.4 Å². The van der Waals surface area contributed by atoms with Crippen molar-refractivity contribution in [2.24, 2.45) is 0 Å². The predicted octanol–water partition coefficient (Wildman–Crippen LogP) is 3.39. The smallest absolute Gasteiger partial charge is 0.260 e. The van der Waals surface area contributed by atoms with Crippen molar-refractivity contribution >= 4 is 23.1 Å². The molecule has 4 heteroatoms. The predicted molar refractivity (Wildman–Crippen MR) is 85.2 cm³/mol. The van der Waals surface area contributed by atoms with E-state index in [2.05, 4.69) is 23.4 Å². The van der Waals surface area contributed by atoms with Crippen molar-refractivity contribution in [3.8, 4) is 0 Å². The van der Waals surface area contributed by atoms with Crippen LogP contribution >= 0.6 is 0 Å². The molecular weight excluding hydrogens is 262 g/mol. The van der Waals surface area contributed by atoms with Crippen molar-refractivity contribution in [3.63, 3.8) is 0 Å². The molecule has 0 saturated carbocycles. The van der Waals surface area contributed by atoms with Gasteiger partial charge in [0, 0.05) is 19.3 Å². The first-order valence-corrected chi connectivity index (χ1v) is 7.02. The van der Waals surface area contributed by atoms with Crippen molar-refractivity contribution in [1.82, 2.24) is 4.98 Å². The van der Waals surface area contributed by atoms with Crippen LogP contribution in [0.15, 0.2) is 55.3 Å². The number of carbonyl (C=O) groups excluding carboxylic acids is 1. The van der Waals surface area contributed by atoms with Crippen LogP contribution in [-0.4, -0.2) is 24.0 Å². The van der Waals surface area contributed by atoms with Crippen LogP contribution in [0.1, 0.15) is 17.3 Å². The van der Waals surface area contributed by atoms with Gasteiger partial charge in [-0.1, -0.05) is 18.2 Å². The molecule has 1 aliphatic rings. The molecule has 1 aromatic heterocycles. The van der Waals surface area contributed by atoms with Crippen molar-refractivity contribution in [2.45, 2.75) is 6.92 Å². The average Bonchev–Trinajstić information content (AvgIpc) is 2.63. The lowest BCUT2D eigenvalue weighted by Gasteiger charge is -2.24. The zero-order chi connectivity index (χ0) is 14.8. The monoisotopic (exact) mass is 279 g/mol. The number of anilines is 3. The summed E-state index contributed by atoms with van der Waals surface area (Å²) < 4.78 is 0. The molecule has 21 heavy (non-hydrogen) atoms. The molecule has 0 spiro atoms. The van der Waals surface area contributed by atoms with Gasteiger partial charge in [-0.15, -0.1) is 6.58 Å². The summed E-state index contributed by atoms with van der Waals surface area (Å²) in [6.07, 6.45) is 3.49. The van der Waals surface area contributed by atoms with E-state index >= 15 is 0 Å². The Morgan fingerprint density at radius 2 is 1.90 bits per heavy atom. The Hall–Kier alpha value is -2.62. The van der Waals surface area contributed by atoms with Gasteiger partial charge < -0.3 is 9.80 Å². The molecule has 0 radical (unpaired) electrons. The normalized spacial score (nSPS) is 13.5. The quantitative estimate of drug-likeness (QED) is 0.808. The highest BCUT2D eigenvalue weighted by atomic mass is 16.2. The van der Waals surface area contributed by atoms with E-state index < -0.39 is 0 Å². The summed E-state index contributed by atoms with van der Waals surface area (Å²) in [6, 6.07) is 11.4. The first kappa shape index (κ1) is 13.4. The molecule has 0 aliphatic carbocycles. The Balaban J connectivity index is 2.29. The molecule has 3 rings (SSSR count). The lowest BCUT2D eigenvalue weighted by Crippen LogP contribution is -2.30. The third kappa shape index (κ3) is 2.09. The van der Waals surface area contributed by atoms with E-state index in [4.69, 9.17) is 0 Å². The zero-order valence-electron chi connectivity index (χ0n) is 12.0. The Labute approximate surface area is 124 Å². The molecule has 0 saturated heterocycles. The third-order valence-corrected chi connectivity index (χ3v) is 3.61. The van der Waals surface area contributed by atoms with E-state index in [1.54, 1.807) is 17.2 Å². The third-order valence-electron chi connectivity index (χ3n) is 3.61. The van der Waals surface area contributed by atoms with Gasteiger partial charge in [0.1, 0.15) is 0 Å². The topological polar surface area (TPSA) is 36.4 Å². The molecule has 1 aliphatic heterocycles. The summed E-state index contributed by atoms with van der Waals surface area (Å²) >= 11 is 0. The number of hydrogen-bond acceptors (Lipinski definition) is 3. The summed E-state index contributed by atoms with van der Waals surface area (Å²) in [5.74, 6) is 0.788. The van der Waals surface area contributed by atoms with Crippen LogP contribution in [0, 0.1) is 0 Å². The number of carbonyl (C=O) groups is 1. The summed E-state index contributed by atoms with van der Waals surface area (Å²) in [5.41, 5.74) is 2.41. The molecule has 106 valence electrons. The minimum atomic E-state index is -0.0179. The van der Waals surface area contributed by atoms with Crippen molar-refractivity contribution in [3.05, 3.63) is 60.8 Å². The molecule has 4 nitrogen and oxygen atoms in total. The largest absolute Gasteiger partial charge is 0.324 e. The van der Waals surface area contributed by atoms with E-state index in [0.29, 0.717) is 12.1 Å². The minimum Gasteiger partial charge on any atom is -0.324 e. The second-order valence-corrected chi connectivity index (χ2v) is 4.81. The molecule has 0 N–H and O–H groups in total. The number of pyridine rings is 1. The van der Waals surface area contributed by atoms with Gasteiger partial charge in [0.25, 0.3) is 5.91 Å². The molecular formula is C17H17N3O. The molecule has 1 amide bonds. The van der Waals surface area contributed by atoms with Gasteiger partial charge in [-0.2, -0.15) is 0 Å². The molecule has 0 bridgehead atoms. The maximum atomic E-state index is 12.9. The molecule has 0 unspecified atom stereocenters. The van der Waals surface area contributed by atoms with Crippen LogP contribution in [0.5, 0.6) is 0 Å². The fraction of sp³-hybridized carbons (Fsp3) is 0.176. The Kier molecular flexibility index (Phi) is 3.44. The summed E-state index contributed by atoms with van der Waals surface area (Å²) in [5, 5.41) is 0. The van der Waals surface area contributed by atoms with Gasteiger partial charge >= 0.3 is 0 Å². The van der Waals surface area contributed by atoms with Gasteiger partial charge in [0.2, 0.25) is 0 Å². The number of rotatable bonds is 3. The van der Waals surface area contributed by atoms with Crippen molar-refractivity contribution < 1.29 is 4.79 Å². The first-order valence-electron chi connectivity index (χ1n) is 7.02. The number of aromatic nitrogens is 1. The number of hydrogen-bond donors (Lipinski definition) is 0. The van der Waals surface area contributed by atoms with Crippen LogP contribution in [-0.2, 0) is 0 Å². The number of benzene rings is 1. The van der Waals surface area contributed by atoms with Crippen LogP contribution in [0.2, 0.25) is 0 Å². The van der Waals surface area contributed by atoms with Crippen LogP contribution in [0.3, 0.4) is 0 Å². The molecule has 0 atom stereocenters. The highest BCUT2D eigenvalue weighted by molar-refractivity contribution is 6.13. The second-order valence-electron chi connectivity index (χ2n) is 4.81. The van der Waals surface area contributed by atoms with Crippen LogP contribution < -0.4 is 9.80 Å². The fourth-order valence-electron chi connectivity index (χ4n) is 2.70. The molecule has 2 aromatic rings. The van der Waals surface area contributed by atoms with Gasteiger partial charge in [-0.25, -0.2) is 4.98 Å². The maximum absolute atomic E-state index is 12.9. The number of amides is 1. The summed E-state index contributed by atoms with van der Waals surface area (Å²) in [7, 11) is 0. The molecule has 1 aromatic carbocycles. The molecule has 0 fully saturated rings.